The van der Waals surface area contributed by atoms with E-state index in [-0.39, 0.29) is 5.92 Å². The number of rotatable bonds is 4. The number of ether oxygens (including phenoxy) is 1. The summed E-state index contributed by atoms with van der Waals surface area (Å²) >= 11 is 0. The molecule has 0 N–H and O–H groups in total. The van der Waals surface area contributed by atoms with E-state index in [0.29, 0.717) is 17.9 Å². The normalized spacial score (nSPS) is 11.5. The van der Waals surface area contributed by atoms with Crippen molar-refractivity contribution >= 4 is 0 Å². The molecule has 0 fully saturated rings. The first kappa shape index (κ1) is 11.3. The molecule has 0 aliphatic carbocycles. The van der Waals surface area contributed by atoms with Crippen LogP contribution < -0.4 is 4.74 Å². The molecule has 1 atom stereocenters. The van der Waals surface area contributed by atoms with E-state index in [0.717, 1.165) is 5.56 Å². The largest absolute Gasteiger partial charge is 0.492 e. The molecule has 0 spiro atoms. The molecule has 2 nitrogen and oxygen atoms in total. The molecule has 2 heteroatoms. The van der Waals surface area contributed by atoms with Gasteiger partial charge in [-0.25, -0.2) is 0 Å². The van der Waals surface area contributed by atoms with Crippen LogP contribution in [0, 0.1) is 11.3 Å². The molecule has 0 radical (unpaired) electrons. The van der Waals surface area contributed by atoms with E-state index in [2.05, 4.69) is 12.6 Å². The lowest BCUT2D eigenvalue weighted by molar-refractivity contribution is 0.335. The van der Waals surface area contributed by atoms with Crippen molar-refractivity contribution in [3.8, 4) is 11.8 Å². The Labute approximate surface area is 90.8 Å². The molecule has 0 aliphatic heterocycles. The van der Waals surface area contributed by atoms with E-state index in [1.165, 1.54) is 0 Å². The lowest BCUT2D eigenvalue weighted by Crippen LogP contribution is -2.01. The van der Waals surface area contributed by atoms with Crippen LogP contribution in [-0.4, -0.2) is 6.61 Å². The van der Waals surface area contributed by atoms with E-state index in [1.807, 2.05) is 32.1 Å². The highest BCUT2D eigenvalue weighted by Gasteiger charge is 2.12. The van der Waals surface area contributed by atoms with Crippen LogP contribution in [0.15, 0.2) is 30.9 Å². The maximum absolute atomic E-state index is 8.97. The third-order valence-corrected chi connectivity index (χ3v) is 2.30. The minimum Gasteiger partial charge on any atom is -0.492 e. The molecule has 0 heterocycles. The smallest absolute Gasteiger partial charge is 0.140 e. The standard InChI is InChI=1S/C13H15NO/c1-4-10(3)12-8-6-7-11(9-14)13(12)15-5-2/h4,6-8,10H,1,5H2,2-3H3. The zero-order valence-corrected chi connectivity index (χ0v) is 9.16. The predicted molar refractivity (Wildman–Crippen MR) is 60.9 cm³/mol. The van der Waals surface area contributed by atoms with Gasteiger partial charge in [0.1, 0.15) is 11.8 Å². The fraction of sp³-hybridized carbons (Fsp3) is 0.308. The third kappa shape index (κ3) is 2.38. The summed E-state index contributed by atoms with van der Waals surface area (Å²) in [6.45, 7) is 8.27. The van der Waals surface area contributed by atoms with Crippen molar-refractivity contribution in [2.75, 3.05) is 6.61 Å². The number of nitriles is 1. The molecular formula is C13H15NO. The Balaban J connectivity index is 3.25. The van der Waals surface area contributed by atoms with Gasteiger partial charge in [0.15, 0.2) is 0 Å². The number of benzene rings is 1. The van der Waals surface area contributed by atoms with Crippen LogP contribution >= 0.6 is 0 Å². The topological polar surface area (TPSA) is 33.0 Å². The van der Waals surface area contributed by atoms with Crippen molar-refractivity contribution in [1.82, 2.24) is 0 Å². The third-order valence-electron chi connectivity index (χ3n) is 2.30. The Morgan fingerprint density at radius 2 is 2.33 bits per heavy atom. The summed E-state index contributed by atoms with van der Waals surface area (Å²) in [5.41, 5.74) is 1.61. The van der Waals surface area contributed by atoms with E-state index in [9.17, 15) is 0 Å². The Hall–Kier alpha value is -1.75. The van der Waals surface area contributed by atoms with Gasteiger partial charge in [-0.2, -0.15) is 5.26 Å². The minimum atomic E-state index is 0.194. The van der Waals surface area contributed by atoms with Gasteiger partial charge in [0, 0.05) is 11.5 Å². The van der Waals surface area contributed by atoms with Gasteiger partial charge in [-0.15, -0.1) is 6.58 Å². The van der Waals surface area contributed by atoms with E-state index in [1.54, 1.807) is 6.07 Å². The van der Waals surface area contributed by atoms with Gasteiger partial charge in [0.2, 0.25) is 0 Å². The summed E-state index contributed by atoms with van der Waals surface area (Å²) < 4.78 is 5.51. The maximum Gasteiger partial charge on any atom is 0.140 e. The van der Waals surface area contributed by atoms with Crippen LogP contribution in [0.4, 0.5) is 0 Å². The second-order valence-electron chi connectivity index (χ2n) is 3.29. The highest BCUT2D eigenvalue weighted by Crippen LogP contribution is 2.30. The summed E-state index contributed by atoms with van der Waals surface area (Å²) in [5, 5.41) is 8.97. The highest BCUT2D eigenvalue weighted by molar-refractivity contribution is 5.50. The monoisotopic (exact) mass is 201 g/mol. The van der Waals surface area contributed by atoms with Crippen LogP contribution in [-0.2, 0) is 0 Å². The first-order valence-corrected chi connectivity index (χ1v) is 5.03. The lowest BCUT2D eigenvalue weighted by Gasteiger charge is -2.14. The van der Waals surface area contributed by atoms with Crippen LogP contribution in [0.1, 0.15) is 30.9 Å². The SMILES string of the molecule is C=CC(C)c1cccc(C#N)c1OCC. The van der Waals surface area contributed by atoms with Crippen molar-refractivity contribution in [3.05, 3.63) is 42.0 Å². The van der Waals surface area contributed by atoms with Gasteiger partial charge in [0.05, 0.1) is 12.2 Å². The average Bonchev–Trinajstić information content (AvgIpc) is 2.28. The molecule has 1 unspecified atom stereocenters. The van der Waals surface area contributed by atoms with Crippen LogP contribution in [0.5, 0.6) is 5.75 Å². The second kappa shape index (κ2) is 5.21. The molecule has 78 valence electrons. The van der Waals surface area contributed by atoms with E-state index in [4.69, 9.17) is 10.00 Å². The first-order chi connectivity index (χ1) is 7.24. The quantitative estimate of drug-likeness (QED) is 0.700. The molecule has 0 bridgehead atoms. The van der Waals surface area contributed by atoms with Gasteiger partial charge in [-0.1, -0.05) is 25.1 Å². The lowest BCUT2D eigenvalue weighted by atomic mass is 9.98. The summed E-state index contributed by atoms with van der Waals surface area (Å²) in [6.07, 6.45) is 1.85. The number of hydrogen-bond acceptors (Lipinski definition) is 2. The molecule has 15 heavy (non-hydrogen) atoms. The van der Waals surface area contributed by atoms with Gasteiger partial charge < -0.3 is 4.74 Å². The van der Waals surface area contributed by atoms with E-state index >= 15 is 0 Å². The Bertz CT molecular complexity index is 390. The first-order valence-electron chi connectivity index (χ1n) is 5.03. The van der Waals surface area contributed by atoms with Crippen molar-refractivity contribution in [3.63, 3.8) is 0 Å². The Morgan fingerprint density at radius 1 is 1.60 bits per heavy atom. The number of hydrogen-bond donors (Lipinski definition) is 0. The average molecular weight is 201 g/mol. The van der Waals surface area contributed by atoms with Gasteiger partial charge in [0.25, 0.3) is 0 Å². The Morgan fingerprint density at radius 3 is 2.87 bits per heavy atom. The molecule has 0 aromatic heterocycles. The van der Waals surface area contributed by atoms with Gasteiger partial charge in [-0.3, -0.25) is 0 Å². The zero-order chi connectivity index (χ0) is 11.3. The van der Waals surface area contributed by atoms with Crippen LogP contribution in [0.25, 0.3) is 0 Å². The van der Waals surface area contributed by atoms with Crippen molar-refractivity contribution in [1.29, 1.82) is 5.26 Å². The number of nitrogens with zero attached hydrogens (tertiary/aromatic N) is 1. The molecular weight excluding hydrogens is 186 g/mol. The minimum absolute atomic E-state index is 0.194. The molecule has 0 aliphatic rings. The fourth-order valence-electron chi connectivity index (χ4n) is 1.43. The zero-order valence-electron chi connectivity index (χ0n) is 9.16. The van der Waals surface area contributed by atoms with Gasteiger partial charge in [-0.05, 0) is 13.0 Å². The summed E-state index contributed by atoms with van der Waals surface area (Å²) in [4.78, 5) is 0. The van der Waals surface area contributed by atoms with Crippen molar-refractivity contribution < 1.29 is 4.74 Å². The molecule has 0 amide bonds. The molecule has 0 saturated heterocycles. The van der Waals surface area contributed by atoms with E-state index < -0.39 is 0 Å². The molecule has 1 aromatic rings. The fourth-order valence-corrected chi connectivity index (χ4v) is 1.43. The van der Waals surface area contributed by atoms with Crippen LogP contribution in [0.2, 0.25) is 0 Å². The summed E-state index contributed by atoms with van der Waals surface area (Å²) in [5.74, 6) is 0.884. The van der Waals surface area contributed by atoms with Gasteiger partial charge >= 0.3 is 0 Å². The second-order valence-corrected chi connectivity index (χ2v) is 3.29. The summed E-state index contributed by atoms with van der Waals surface area (Å²) in [7, 11) is 0. The molecule has 1 rings (SSSR count). The van der Waals surface area contributed by atoms with Crippen molar-refractivity contribution in [2.45, 2.75) is 19.8 Å². The highest BCUT2D eigenvalue weighted by atomic mass is 16.5. The maximum atomic E-state index is 8.97. The van der Waals surface area contributed by atoms with Crippen molar-refractivity contribution in [2.24, 2.45) is 0 Å². The van der Waals surface area contributed by atoms with Crippen LogP contribution in [0.3, 0.4) is 0 Å². The molecule has 1 aromatic carbocycles. The number of para-hydroxylation sites is 1. The summed E-state index contributed by atoms with van der Waals surface area (Å²) in [6, 6.07) is 7.75. The molecule has 0 saturated carbocycles. The number of allylic oxidation sites excluding steroid dienone is 1. The predicted octanol–water partition coefficient (Wildman–Crippen LogP) is 3.25. The Kier molecular flexibility index (Phi) is 3.93.